The zero-order chi connectivity index (χ0) is 11.3. The molecule has 0 spiro atoms. The van der Waals surface area contributed by atoms with Crippen LogP contribution in [0.15, 0.2) is 30.3 Å². The van der Waals surface area contributed by atoms with E-state index in [0.29, 0.717) is 6.42 Å². The summed E-state index contributed by atoms with van der Waals surface area (Å²) >= 11 is 0. The molecule has 0 amide bonds. The molecule has 1 aromatic rings. The fourth-order valence-electron chi connectivity index (χ4n) is 1.70. The topological polar surface area (TPSA) is 20.3 Å². The van der Waals surface area contributed by atoms with E-state index in [0.717, 1.165) is 12.1 Å². The van der Waals surface area contributed by atoms with Gasteiger partial charge in [-0.25, -0.2) is 0 Å². The van der Waals surface area contributed by atoms with Gasteiger partial charge in [-0.05, 0) is 19.2 Å². The van der Waals surface area contributed by atoms with Crippen LogP contribution in [-0.2, 0) is 4.79 Å². The summed E-state index contributed by atoms with van der Waals surface area (Å²) in [6.07, 6.45) is 0.587. The van der Waals surface area contributed by atoms with Gasteiger partial charge in [0.05, 0.1) is 6.04 Å². The second kappa shape index (κ2) is 5.66. The first-order valence-electron chi connectivity index (χ1n) is 5.48. The van der Waals surface area contributed by atoms with Gasteiger partial charge in [-0.15, -0.1) is 0 Å². The van der Waals surface area contributed by atoms with Gasteiger partial charge in [-0.2, -0.15) is 0 Å². The van der Waals surface area contributed by atoms with Gasteiger partial charge in [-0.3, -0.25) is 9.69 Å². The van der Waals surface area contributed by atoms with Gasteiger partial charge in [-0.1, -0.05) is 44.2 Å². The summed E-state index contributed by atoms with van der Waals surface area (Å²) in [5.41, 5.74) is 1.09. The van der Waals surface area contributed by atoms with Crippen LogP contribution in [0, 0.1) is 0 Å². The monoisotopic (exact) mass is 205 g/mol. The summed E-state index contributed by atoms with van der Waals surface area (Å²) in [5, 5.41) is 0. The highest BCUT2D eigenvalue weighted by Gasteiger charge is 2.21. The van der Waals surface area contributed by atoms with Gasteiger partial charge in [0.1, 0.15) is 0 Å². The Kier molecular flexibility index (Phi) is 4.50. The van der Waals surface area contributed by atoms with Crippen LogP contribution in [0.1, 0.15) is 31.9 Å². The summed E-state index contributed by atoms with van der Waals surface area (Å²) in [6, 6.07) is 9.89. The first-order chi connectivity index (χ1) is 7.20. The van der Waals surface area contributed by atoms with E-state index < -0.39 is 0 Å². The molecule has 15 heavy (non-hydrogen) atoms. The van der Waals surface area contributed by atoms with Crippen molar-refractivity contribution in [3.63, 3.8) is 0 Å². The number of Topliss-reactive ketones (excluding diaryl/α,β-unsaturated/α-hetero) is 1. The highest BCUT2D eigenvalue weighted by Crippen LogP contribution is 2.21. The second-order valence-corrected chi connectivity index (χ2v) is 3.71. The van der Waals surface area contributed by atoms with Crippen molar-refractivity contribution in [2.24, 2.45) is 0 Å². The highest BCUT2D eigenvalue weighted by atomic mass is 16.1. The lowest BCUT2D eigenvalue weighted by Gasteiger charge is -2.25. The largest absolute Gasteiger partial charge is 0.298 e. The zero-order valence-corrected chi connectivity index (χ0v) is 9.73. The Labute approximate surface area is 91.9 Å². The molecule has 0 aliphatic carbocycles. The SMILES string of the molecule is CCC(=O)[C@@H](c1ccccc1)N(C)CC. The van der Waals surface area contributed by atoms with Crippen LogP contribution in [0.4, 0.5) is 0 Å². The minimum atomic E-state index is -0.0822. The lowest BCUT2D eigenvalue weighted by Crippen LogP contribution is -2.30. The zero-order valence-electron chi connectivity index (χ0n) is 9.73. The Morgan fingerprint density at radius 2 is 1.87 bits per heavy atom. The quantitative estimate of drug-likeness (QED) is 0.736. The van der Waals surface area contributed by atoms with Crippen molar-refractivity contribution < 1.29 is 4.79 Å². The summed E-state index contributed by atoms with van der Waals surface area (Å²) in [6.45, 7) is 4.87. The molecule has 1 rings (SSSR count). The number of ketones is 1. The normalized spacial score (nSPS) is 12.8. The highest BCUT2D eigenvalue weighted by molar-refractivity contribution is 5.85. The van der Waals surface area contributed by atoms with E-state index in [9.17, 15) is 4.79 Å². The minimum absolute atomic E-state index is 0.0822. The molecule has 0 saturated heterocycles. The van der Waals surface area contributed by atoms with Crippen molar-refractivity contribution in [3.05, 3.63) is 35.9 Å². The molecule has 1 atom stereocenters. The summed E-state index contributed by atoms with van der Waals surface area (Å²) < 4.78 is 0. The molecule has 2 heteroatoms. The average Bonchev–Trinajstić information content (AvgIpc) is 2.30. The maximum absolute atomic E-state index is 11.9. The van der Waals surface area contributed by atoms with Crippen LogP contribution in [0.5, 0.6) is 0 Å². The molecule has 2 nitrogen and oxygen atoms in total. The van der Waals surface area contributed by atoms with E-state index in [1.807, 2.05) is 44.3 Å². The van der Waals surface area contributed by atoms with E-state index >= 15 is 0 Å². The van der Waals surface area contributed by atoms with Crippen molar-refractivity contribution in [2.75, 3.05) is 13.6 Å². The van der Waals surface area contributed by atoms with Crippen LogP contribution < -0.4 is 0 Å². The first kappa shape index (κ1) is 11.9. The van der Waals surface area contributed by atoms with E-state index in [1.54, 1.807) is 0 Å². The second-order valence-electron chi connectivity index (χ2n) is 3.71. The van der Waals surface area contributed by atoms with Crippen LogP contribution in [-0.4, -0.2) is 24.3 Å². The Morgan fingerprint density at radius 3 is 2.33 bits per heavy atom. The molecule has 0 heterocycles. The average molecular weight is 205 g/mol. The number of hydrogen-bond acceptors (Lipinski definition) is 2. The van der Waals surface area contributed by atoms with Crippen molar-refractivity contribution >= 4 is 5.78 Å². The molecule has 0 radical (unpaired) electrons. The Bertz CT molecular complexity index is 308. The Hall–Kier alpha value is -1.15. The van der Waals surface area contributed by atoms with Gasteiger partial charge in [0, 0.05) is 6.42 Å². The predicted molar refractivity (Wildman–Crippen MR) is 62.8 cm³/mol. The number of carbonyl (C=O) groups excluding carboxylic acids is 1. The van der Waals surface area contributed by atoms with E-state index in [-0.39, 0.29) is 11.8 Å². The van der Waals surface area contributed by atoms with Crippen LogP contribution >= 0.6 is 0 Å². The molecule has 1 aromatic carbocycles. The van der Waals surface area contributed by atoms with Gasteiger partial charge in [0.15, 0.2) is 5.78 Å². The molecule has 0 N–H and O–H groups in total. The number of hydrogen-bond donors (Lipinski definition) is 0. The lowest BCUT2D eigenvalue weighted by molar-refractivity contribution is -0.123. The molecular weight excluding hydrogens is 186 g/mol. The summed E-state index contributed by atoms with van der Waals surface area (Å²) in [7, 11) is 1.99. The maximum Gasteiger partial charge on any atom is 0.154 e. The number of carbonyl (C=O) groups is 1. The van der Waals surface area contributed by atoms with Gasteiger partial charge >= 0.3 is 0 Å². The van der Waals surface area contributed by atoms with E-state index in [4.69, 9.17) is 0 Å². The van der Waals surface area contributed by atoms with Gasteiger partial charge in [0.25, 0.3) is 0 Å². The van der Waals surface area contributed by atoms with E-state index in [1.165, 1.54) is 0 Å². The third kappa shape index (κ3) is 2.90. The molecule has 82 valence electrons. The van der Waals surface area contributed by atoms with Crippen molar-refractivity contribution in [1.82, 2.24) is 4.90 Å². The Balaban J connectivity index is 2.96. The van der Waals surface area contributed by atoms with Gasteiger partial charge < -0.3 is 0 Å². The minimum Gasteiger partial charge on any atom is -0.298 e. The summed E-state index contributed by atoms with van der Waals surface area (Å²) in [5.74, 6) is 0.283. The lowest BCUT2D eigenvalue weighted by atomic mass is 10.00. The molecule has 0 aliphatic rings. The molecule has 0 saturated carbocycles. The predicted octanol–water partition coefficient (Wildman–Crippen LogP) is 2.66. The molecule has 0 aliphatic heterocycles. The third-order valence-electron chi connectivity index (χ3n) is 2.71. The van der Waals surface area contributed by atoms with Gasteiger partial charge in [0.2, 0.25) is 0 Å². The van der Waals surface area contributed by atoms with Crippen molar-refractivity contribution in [3.8, 4) is 0 Å². The van der Waals surface area contributed by atoms with Crippen molar-refractivity contribution in [2.45, 2.75) is 26.3 Å². The molecule has 0 aromatic heterocycles. The first-order valence-corrected chi connectivity index (χ1v) is 5.48. The van der Waals surface area contributed by atoms with Crippen LogP contribution in [0.2, 0.25) is 0 Å². The molecule has 0 fully saturated rings. The Morgan fingerprint density at radius 1 is 1.27 bits per heavy atom. The fraction of sp³-hybridized carbons (Fsp3) is 0.462. The number of likely N-dealkylation sites (N-methyl/N-ethyl adjacent to an activating group) is 1. The standard InChI is InChI=1S/C13H19NO/c1-4-12(15)13(14(3)5-2)11-9-7-6-8-10-11/h6-10,13H,4-5H2,1-3H3/t13-/m1/s1. The molecule has 0 bridgehead atoms. The van der Waals surface area contributed by atoms with Crippen LogP contribution in [0.25, 0.3) is 0 Å². The van der Waals surface area contributed by atoms with Crippen molar-refractivity contribution in [1.29, 1.82) is 0 Å². The summed E-state index contributed by atoms with van der Waals surface area (Å²) in [4.78, 5) is 14.0. The molecular formula is C13H19NO. The number of rotatable bonds is 5. The van der Waals surface area contributed by atoms with Crippen LogP contribution in [0.3, 0.4) is 0 Å². The van der Waals surface area contributed by atoms with E-state index in [2.05, 4.69) is 11.8 Å². The maximum atomic E-state index is 11.9. The number of benzene rings is 1. The number of nitrogens with zero attached hydrogens (tertiary/aromatic N) is 1. The molecule has 0 unspecified atom stereocenters. The smallest absolute Gasteiger partial charge is 0.154 e. The fourth-order valence-corrected chi connectivity index (χ4v) is 1.70. The third-order valence-corrected chi connectivity index (χ3v) is 2.71.